The van der Waals surface area contributed by atoms with Crippen LogP contribution >= 0.6 is 0 Å². The molecule has 0 saturated carbocycles. The molecule has 1 fully saturated rings. The lowest BCUT2D eigenvalue weighted by Gasteiger charge is -2.37. The molecule has 9 heteroatoms. The maximum absolute atomic E-state index is 14.7. The summed E-state index contributed by atoms with van der Waals surface area (Å²) >= 11 is 0. The Labute approximate surface area is 334 Å². The first kappa shape index (κ1) is 39.2. The van der Waals surface area contributed by atoms with Gasteiger partial charge >= 0.3 is 6.09 Å². The molecular weight excluding hydrogens is 715 g/mol. The number of alkyl carbamates (subject to hydrolysis) is 1. The summed E-state index contributed by atoms with van der Waals surface area (Å²) < 4.78 is 12.1. The number of amides is 3. The number of carbonyl (C=O) groups is 4. The Balaban J connectivity index is 1.19. The minimum Gasteiger partial charge on any atom is -0.449 e. The van der Waals surface area contributed by atoms with Gasteiger partial charge in [-0.05, 0) is 66.6 Å². The van der Waals surface area contributed by atoms with Crippen molar-refractivity contribution in [1.82, 2.24) is 15.5 Å². The number of benzene rings is 5. The first-order chi connectivity index (χ1) is 27.4. The molecule has 0 unspecified atom stereocenters. The van der Waals surface area contributed by atoms with Gasteiger partial charge < -0.3 is 25.0 Å². The van der Waals surface area contributed by atoms with Crippen molar-refractivity contribution < 1.29 is 28.7 Å². The molecule has 0 spiro atoms. The minimum absolute atomic E-state index is 0.0212. The van der Waals surface area contributed by atoms with Gasteiger partial charge in [-0.1, -0.05) is 140 Å². The Morgan fingerprint density at radius 2 is 1.18 bits per heavy atom. The van der Waals surface area contributed by atoms with E-state index in [4.69, 9.17) is 9.47 Å². The fraction of sp³-hybridized carbons (Fsp3) is 0.292. The number of Topliss-reactive ketones (excluding diaryl/α,β-unsaturated/α-hetero) is 1. The lowest BCUT2D eigenvalue weighted by atomic mass is 9.77. The van der Waals surface area contributed by atoms with Crippen LogP contribution in [0.25, 0.3) is 11.1 Å². The van der Waals surface area contributed by atoms with Crippen LogP contribution in [0.5, 0.6) is 0 Å². The summed E-state index contributed by atoms with van der Waals surface area (Å²) in [5.74, 6) is -1.47. The highest BCUT2D eigenvalue weighted by atomic mass is 16.5. The van der Waals surface area contributed by atoms with Crippen molar-refractivity contribution in [2.45, 2.75) is 75.8 Å². The molecule has 9 nitrogen and oxygen atoms in total. The van der Waals surface area contributed by atoms with Crippen LogP contribution in [-0.2, 0) is 29.4 Å². The zero-order valence-corrected chi connectivity index (χ0v) is 32.8. The van der Waals surface area contributed by atoms with Crippen molar-refractivity contribution >= 4 is 23.7 Å². The minimum atomic E-state index is -1.36. The fourth-order valence-electron chi connectivity index (χ4n) is 8.42. The molecule has 0 radical (unpaired) electrons. The van der Waals surface area contributed by atoms with E-state index in [2.05, 4.69) is 22.8 Å². The summed E-state index contributed by atoms with van der Waals surface area (Å²) in [6, 6.07) is 42.9. The van der Waals surface area contributed by atoms with Crippen LogP contribution < -0.4 is 10.6 Å². The van der Waals surface area contributed by atoms with Crippen LogP contribution in [-0.4, -0.2) is 65.5 Å². The number of carbonyl (C=O) groups excluding carboxylic acids is 4. The van der Waals surface area contributed by atoms with Gasteiger partial charge in [-0.3, -0.25) is 14.4 Å². The predicted molar refractivity (Wildman–Crippen MR) is 219 cm³/mol. The summed E-state index contributed by atoms with van der Waals surface area (Å²) in [7, 11) is 0. The second-order valence-corrected chi connectivity index (χ2v) is 15.8. The average molecular weight is 764 g/mol. The van der Waals surface area contributed by atoms with Gasteiger partial charge in [-0.15, -0.1) is 0 Å². The van der Waals surface area contributed by atoms with E-state index < -0.39 is 53.7 Å². The third kappa shape index (κ3) is 8.39. The van der Waals surface area contributed by atoms with Gasteiger partial charge in [0.15, 0.2) is 5.78 Å². The Bertz CT molecular complexity index is 2080. The molecule has 7 rings (SSSR count). The highest BCUT2D eigenvalue weighted by Gasteiger charge is 2.44. The van der Waals surface area contributed by atoms with E-state index in [0.29, 0.717) is 6.42 Å². The number of ketones is 1. The summed E-state index contributed by atoms with van der Waals surface area (Å²) in [6.45, 7) is 7.36. The monoisotopic (exact) mass is 763 g/mol. The number of rotatable bonds is 12. The van der Waals surface area contributed by atoms with E-state index >= 15 is 0 Å². The van der Waals surface area contributed by atoms with Crippen molar-refractivity contribution in [3.63, 3.8) is 0 Å². The van der Waals surface area contributed by atoms with Gasteiger partial charge in [-0.2, -0.15) is 0 Å². The van der Waals surface area contributed by atoms with E-state index in [1.807, 2.05) is 148 Å². The standard InChI is InChI=1S/C48H49N3O6/c1-32(52)43-28-36(57-47(2,3)4)30-51(43)45(54)42(49-46(55)56-31-41-39-26-16-14-24-37(39)38-25-15-17-27-40(38)41)29-44(53)50-48(33-18-8-5-9-19-33,34-20-10-6-11-21-34)35-22-12-7-13-23-35/h5-27,36,41-43H,28-31H2,1-4H3,(H,49,55)(H,50,53)/t36-,42+,43-/m0/s1. The molecule has 5 aromatic carbocycles. The van der Waals surface area contributed by atoms with Crippen LogP contribution in [0.15, 0.2) is 140 Å². The molecule has 3 amide bonds. The van der Waals surface area contributed by atoms with E-state index in [-0.39, 0.29) is 24.9 Å². The van der Waals surface area contributed by atoms with Gasteiger partial charge in [0.1, 0.15) is 18.2 Å². The third-order valence-corrected chi connectivity index (χ3v) is 10.8. The molecule has 2 aliphatic rings. The molecule has 3 atom stereocenters. The lowest BCUT2D eigenvalue weighted by Crippen LogP contribution is -2.55. The average Bonchev–Trinajstić information content (AvgIpc) is 3.78. The van der Waals surface area contributed by atoms with Crippen molar-refractivity contribution in [3.05, 3.63) is 167 Å². The lowest BCUT2D eigenvalue weighted by molar-refractivity contribution is -0.140. The van der Waals surface area contributed by atoms with Crippen molar-refractivity contribution in [3.8, 4) is 11.1 Å². The van der Waals surface area contributed by atoms with Gasteiger partial charge in [0.05, 0.1) is 24.2 Å². The molecule has 0 aromatic heterocycles. The highest BCUT2D eigenvalue weighted by Crippen LogP contribution is 2.44. The molecule has 1 aliphatic heterocycles. The molecule has 1 saturated heterocycles. The molecule has 1 aliphatic carbocycles. The van der Waals surface area contributed by atoms with E-state index in [0.717, 1.165) is 38.9 Å². The molecule has 0 bridgehead atoms. The number of nitrogens with one attached hydrogen (secondary N) is 2. The molecule has 292 valence electrons. The summed E-state index contributed by atoms with van der Waals surface area (Å²) in [6.07, 6.45) is -1.37. The highest BCUT2D eigenvalue weighted by molar-refractivity contribution is 5.95. The molecular formula is C48H49N3O6. The van der Waals surface area contributed by atoms with E-state index in [1.165, 1.54) is 11.8 Å². The van der Waals surface area contributed by atoms with E-state index in [9.17, 15) is 19.2 Å². The zero-order chi connectivity index (χ0) is 40.2. The molecule has 5 aromatic rings. The Hall–Kier alpha value is -6.06. The third-order valence-electron chi connectivity index (χ3n) is 10.8. The largest absolute Gasteiger partial charge is 0.449 e. The van der Waals surface area contributed by atoms with Gasteiger partial charge in [0, 0.05) is 18.9 Å². The maximum atomic E-state index is 14.7. The van der Waals surface area contributed by atoms with Crippen molar-refractivity contribution in [2.24, 2.45) is 0 Å². The maximum Gasteiger partial charge on any atom is 0.407 e. The Kier molecular flexibility index (Phi) is 11.4. The number of nitrogens with zero attached hydrogens (tertiary/aromatic N) is 1. The first-order valence-electron chi connectivity index (χ1n) is 19.5. The van der Waals surface area contributed by atoms with Gasteiger partial charge in [0.25, 0.3) is 0 Å². The van der Waals surface area contributed by atoms with Crippen LogP contribution in [0.1, 0.15) is 74.3 Å². The van der Waals surface area contributed by atoms with Gasteiger partial charge in [-0.25, -0.2) is 4.79 Å². The summed E-state index contributed by atoms with van der Waals surface area (Å²) in [4.78, 5) is 57.6. The van der Waals surface area contributed by atoms with Gasteiger partial charge in [0.2, 0.25) is 11.8 Å². The SMILES string of the molecule is CC(=O)[C@@H]1C[C@H](OC(C)(C)C)CN1C(=O)[C@@H](CC(=O)NC(c1ccccc1)(c1ccccc1)c1ccccc1)NC(=O)OCC1c2ccccc2-c2ccccc21. The smallest absolute Gasteiger partial charge is 0.407 e. The Morgan fingerprint density at radius 3 is 1.65 bits per heavy atom. The van der Waals surface area contributed by atoms with Crippen LogP contribution in [0.2, 0.25) is 0 Å². The zero-order valence-electron chi connectivity index (χ0n) is 32.8. The summed E-state index contributed by atoms with van der Waals surface area (Å²) in [5, 5.41) is 6.07. The molecule has 2 N–H and O–H groups in total. The molecule has 1 heterocycles. The number of hydrogen-bond donors (Lipinski definition) is 2. The topological polar surface area (TPSA) is 114 Å². The predicted octanol–water partition coefficient (Wildman–Crippen LogP) is 7.77. The number of fused-ring (bicyclic) bond motifs is 3. The van der Waals surface area contributed by atoms with Crippen LogP contribution in [0, 0.1) is 0 Å². The first-order valence-corrected chi connectivity index (χ1v) is 19.5. The van der Waals surface area contributed by atoms with Crippen molar-refractivity contribution in [2.75, 3.05) is 13.2 Å². The number of ether oxygens (including phenoxy) is 2. The van der Waals surface area contributed by atoms with Crippen LogP contribution in [0.3, 0.4) is 0 Å². The number of likely N-dealkylation sites (tertiary alicyclic amines) is 1. The molecule has 57 heavy (non-hydrogen) atoms. The fourth-order valence-corrected chi connectivity index (χ4v) is 8.42. The number of hydrogen-bond acceptors (Lipinski definition) is 6. The van der Waals surface area contributed by atoms with E-state index in [1.54, 1.807) is 0 Å². The second-order valence-electron chi connectivity index (χ2n) is 15.8. The quantitative estimate of drug-likeness (QED) is 0.126. The Morgan fingerprint density at radius 1 is 0.702 bits per heavy atom. The van der Waals surface area contributed by atoms with Crippen LogP contribution in [0.4, 0.5) is 4.79 Å². The summed E-state index contributed by atoms with van der Waals surface area (Å²) in [5.41, 5.74) is 5.01. The second kappa shape index (κ2) is 16.6. The van der Waals surface area contributed by atoms with Crippen molar-refractivity contribution in [1.29, 1.82) is 0 Å². The normalized spacial score (nSPS) is 16.9.